The van der Waals surface area contributed by atoms with Gasteiger partial charge in [0.1, 0.15) is 15.4 Å². The Balaban J connectivity index is 2.32. The van der Waals surface area contributed by atoms with Gasteiger partial charge in [-0.25, -0.2) is 22.6 Å². The summed E-state index contributed by atoms with van der Waals surface area (Å²) in [6.07, 6.45) is 1.11. The number of carbonyl (C=O) groups is 1. The predicted molar refractivity (Wildman–Crippen MR) is 75.6 cm³/mol. The Morgan fingerprint density at radius 3 is 2.81 bits per heavy atom. The van der Waals surface area contributed by atoms with E-state index in [1.165, 1.54) is 13.2 Å². The third-order valence-corrected chi connectivity index (χ3v) is 3.71. The lowest BCUT2D eigenvalue weighted by Gasteiger charge is -2.01. The highest BCUT2D eigenvalue weighted by molar-refractivity contribution is 7.90. The number of nitrogens with one attached hydrogen (secondary N) is 2. The molecule has 7 nitrogen and oxygen atoms in total. The van der Waals surface area contributed by atoms with E-state index in [-0.39, 0.29) is 34.8 Å². The highest BCUT2D eigenvalue weighted by Crippen LogP contribution is 2.22. The summed E-state index contributed by atoms with van der Waals surface area (Å²) < 4.78 is 40.4. The summed E-state index contributed by atoms with van der Waals surface area (Å²) in [6.45, 7) is 0.119. The number of hydrogen-bond donors (Lipinski definition) is 2. The van der Waals surface area contributed by atoms with Crippen LogP contribution >= 0.6 is 0 Å². The van der Waals surface area contributed by atoms with Crippen molar-refractivity contribution in [1.82, 2.24) is 9.97 Å². The van der Waals surface area contributed by atoms with Gasteiger partial charge in [-0.3, -0.25) is 0 Å². The summed E-state index contributed by atoms with van der Waals surface area (Å²) in [5, 5.41) is 2.74. The van der Waals surface area contributed by atoms with Crippen LogP contribution in [-0.2, 0) is 14.6 Å². The van der Waals surface area contributed by atoms with Crippen LogP contribution in [0.25, 0.3) is 11.0 Å². The van der Waals surface area contributed by atoms with Crippen molar-refractivity contribution in [2.75, 3.05) is 31.0 Å². The van der Waals surface area contributed by atoms with Crippen molar-refractivity contribution in [2.24, 2.45) is 0 Å². The van der Waals surface area contributed by atoms with Crippen LogP contribution < -0.4 is 5.32 Å². The number of carbonyl (C=O) groups excluding carboxylic acids is 1. The molecule has 0 atom stereocenters. The van der Waals surface area contributed by atoms with Gasteiger partial charge in [-0.2, -0.15) is 0 Å². The molecule has 0 aliphatic rings. The van der Waals surface area contributed by atoms with Crippen LogP contribution in [0.3, 0.4) is 0 Å². The fraction of sp³-hybridized carbons (Fsp3) is 0.333. The van der Waals surface area contributed by atoms with Gasteiger partial charge in [0.05, 0.1) is 23.9 Å². The first-order valence-corrected chi connectivity index (χ1v) is 8.06. The van der Waals surface area contributed by atoms with Crippen LogP contribution in [0.15, 0.2) is 12.1 Å². The summed E-state index contributed by atoms with van der Waals surface area (Å²) in [7, 11) is -1.89. The second-order valence-electron chi connectivity index (χ2n) is 4.45. The maximum atomic E-state index is 13.7. The highest BCUT2D eigenvalue weighted by atomic mass is 32.2. The molecule has 1 aromatic heterocycles. The quantitative estimate of drug-likeness (QED) is 0.797. The van der Waals surface area contributed by atoms with Gasteiger partial charge in [0.15, 0.2) is 5.82 Å². The first-order chi connectivity index (χ1) is 9.81. The third-order valence-electron chi connectivity index (χ3n) is 2.77. The number of sulfone groups is 1. The van der Waals surface area contributed by atoms with Gasteiger partial charge in [-0.15, -0.1) is 0 Å². The molecule has 0 unspecified atom stereocenters. The van der Waals surface area contributed by atoms with Crippen molar-refractivity contribution < 1.29 is 22.3 Å². The normalized spacial score (nSPS) is 11.6. The van der Waals surface area contributed by atoms with Crippen molar-refractivity contribution in [3.8, 4) is 0 Å². The number of rotatable bonds is 5. The van der Waals surface area contributed by atoms with Crippen molar-refractivity contribution in [3.05, 3.63) is 23.5 Å². The van der Waals surface area contributed by atoms with Crippen LogP contribution in [0.5, 0.6) is 0 Å². The number of aromatic amines is 1. The number of hydrogen-bond acceptors (Lipinski definition) is 6. The first-order valence-electron chi connectivity index (χ1n) is 6.00. The van der Waals surface area contributed by atoms with Crippen LogP contribution in [0.4, 0.5) is 10.3 Å². The van der Waals surface area contributed by atoms with E-state index in [2.05, 4.69) is 20.0 Å². The summed E-state index contributed by atoms with van der Waals surface area (Å²) in [4.78, 5) is 18.3. The summed E-state index contributed by atoms with van der Waals surface area (Å²) in [5.41, 5.74) is 0.334. The van der Waals surface area contributed by atoms with Gasteiger partial charge in [0.25, 0.3) is 0 Å². The molecule has 2 aromatic rings. The van der Waals surface area contributed by atoms with E-state index in [0.29, 0.717) is 0 Å². The third kappa shape index (κ3) is 3.48. The largest absolute Gasteiger partial charge is 0.465 e. The van der Waals surface area contributed by atoms with Crippen LogP contribution in [0, 0.1) is 5.82 Å². The molecular weight excluding hydrogens is 301 g/mol. The second kappa shape index (κ2) is 5.68. The number of halogens is 1. The fourth-order valence-electron chi connectivity index (χ4n) is 1.78. The zero-order valence-electron chi connectivity index (χ0n) is 11.4. The Labute approximate surface area is 120 Å². The minimum atomic E-state index is -3.11. The van der Waals surface area contributed by atoms with Crippen LogP contribution in [-0.4, -0.2) is 50.0 Å². The van der Waals surface area contributed by atoms with Gasteiger partial charge in [0, 0.05) is 12.8 Å². The van der Waals surface area contributed by atoms with Crippen molar-refractivity contribution in [1.29, 1.82) is 0 Å². The number of fused-ring (bicyclic) bond motifs is 1. The monoisotopic (exact) mass is 315 g/mol. The zero-order chi connectivity index (χ0) is 15.6. The maximum absolute atomic E-state index is 13.7. The van der Waals surface area contributed by atoms with Gasteiger partial charge in [0.2, 0.25) is 5.95 Å². The second-order valence-corrected chi connectivity index (χ2v) is 6.71. The number of aromatic nitrogens is 2. The Hall–Kier alpha value is -2.16. The predicted octanol–water partition coefficient (Wildman–Crippen LogP) is 0.945. The number of methoxy groups -OCH3 is 1. The topological polar surface area (TPSA) is 101 Å². The average molecular weight is 315 g/mol. The van der Waals surface area contributed by atoms with E-state index < -0.39 is 21.6 Å². The number of esters is 1. The number of anilines is 1. The van der Waals surface area contributed by atoms with E-state index in [9.17, 15) is 17.6 Å². The summed E-state index contributed by atoms with van der Waals surface area (Å²) in [6, 6.07) is 2.41. The molecule has 0 bridgehead atoms. The molecule has 0 aliphatic heterocycles. The Morgan fingerprint density at radius 1 is 1.48 bits per heavy atom. The molecule has 21 heavy (non-hydrogen) atoms. The molecule has 0 spiro atoms. The lowest BCUT2D eigenvalue weighted by Crippen LogP contribution is -2.14. The SMILES string of the molecule is COC(=O)c1ccc(F)c2nc(NCCS(C)(=O)=O)[nH]c12. The summed E-state index contributed by atoms with van der Waals surface area (Å²) >= 11 is 0. The van der Waals surface area contributed by atoms with E-state index in [4.69, 9.17) is 0 Å². The molecule has 0 fully saturated rings. The zero-order valence-corrected chi connectivity index (χ0v) is 12.3. The smallest absolute Gasteiger partial charge is 0.340 e. The van der Waals surface area contributed by atoms with Crippen LogP contribution in [0.2, 0.25) is 0 Å². The molecule has 1 aromatic carbocycles. The Bertz CT molecular complexity index is 785. The maximum Gasteiger partial charge on any atom is 0.340 e. The van der Waals surface area contributed by atoms with Gasteiger partial charge in [-0.05, 0) is 12.1 Å². The first kappa shape index (κ1) is 15.2. The molecule has 114 valence electrons. The fourth-order valence-corrected chi connectivity index (χ4v) is 2.25. The van der Waals surface area contributed by atoms with E-state index >= 15 is 0 Å². The van der Waals surface area contributed by atoms with Gasteiger partial charge >= 0.3 is 5.97 Å². The summed E-state index contributed by atoms with van der Waals surface area (Å²) in [5.74, 6) is -1.11. The standard InChI is InChI=1S/C12H14FN3O4S/c1-20-11(17)7-3-4-8(13)10-9(7)15-12(16-10)14-5-6-21(2,18)19/h3-4H,5-6H2,1-2H3,(H2,14,15,16). The van der Waals surface area contributed by atoms with Crippen molar-refractivity contribution in [3.63, 3.8) is 0 Å². The van der Waals surface area contributed by atoms with E-state index in [1.807, 2.05) is 0 Å². The molecule has 0 aliphatic carbocycles. The molecule has 9 heteroatoms. The molecular formula is C12H14FN3O4S. The molecule has 2 rings (SSSR count). The van der Waals surface area contributed by atoms with Crippen LogP contribution in [0.1, 0.15) is 10.4 Å². The van der Waals surface area contributed by atoms with Crippen molar-refractivity contribution >= 4 is 32.8 Å². The number of H-pyrrole nitrogens is 1. The number of nitrogens with zero attached hydrogens (tertiary/aromatic N) is 1. The highest BCUT2D eigenvalue weighted by Gasteiger charge is 2.17. The van der Waals surface area contributed by atoms with Crippen molar-refractivity contribution in [2.45, 2.75) is 0 Å². The lowest BCUT2D eigenvalue weighted by atomic mass is 10.2. The molecule has 2 N–H and O–H groups in total. The van der Waals surface area contributed by atoms with E-state index in [1.54, 1.807) is 0 Å². The minimum absolute atomic E-state index is 0.0141. The molecule has 0 saturated heterocycles. The van der Waals surface area contributed by atoms with Gasteiger partial charge < -0.3 is 15.0 Å². The average Bonchev–Trinajstić information content (AvgIpc) is 2.81. The van der Waals surface area contributed by atoms with Gasteiger partial charge in [-0.1, -0.05) is 0 Å². The Morgan fingerprint density at radius 2 is 2.19 bits per heavy atom. The number of ether oxygens (including phenoxy) is 1. The molecule has 0 saturated carbocycles. The van der Waals surface area contributed by atoms with E-state index in [0.717, 1.165) is 12.3 Å². The molecule has 1 heterocycles. The molecule has 0 amide bonds. The lowest BCUT2D eigenvalue weighted by molar-refractivity contribution is 0.0602. The Kier molecular flexibility index (Phi) is 4.12. The number of benzene rings is 1. The minimum Gasteiger partial charge on any atom is -0.465 e. The molecule has 0 radical (unpaired) electrons. The number of imidazole rings is 1.